The van der Waals surface area contributed by atoms with Crippen LogP contribution in [-0.2, 0) is 9.59 Å². The minimum Gasteiger partial charge on any atom is -0.332 e. The fraction of sp³-hybridized carbons (Fsp3) is 0.250. The second-order valence-corrected chi connectivity index (χ2v) is 7.45. The lowest BCUT2D eigenvalue weighted by atomic mass is 10.2. The number of likely N-dealkylation sites (N-methyl/N-ethyl adjacent to an activating group) is 1. The number of carbonyl (C=O) groups is 3. The monoisotopic (exact) mass is 419 g/mol. The Hall–Kier alpha value is -2.57. The van der Waals surface area contributed by atoms with Crippen LogP contribution in [0.5, 0.6) is 0 Å². The zero-order valence-corrected chi connectivity index (χ0v) is 17.0. The van der Waals surface area contributed by atoms with E-state index in [-0.39, 0.29) is 37.5 Å². The van der Waals surface area contributed by atoms with Gasteiger partial charge in [-0.25, -0.2) is 0 Å². The van der Waals surface area contributed by atoms with Crippen molar-refractivity contribution in [3.63, 3.8) is 0 Å². The van der Waals surface area contributed by atoms with Gasteiger partial charge in [0.15, 0.2) is 0 Å². The summed E-state index contributed by atoms with van der Waals surface area (Å²) in [5.74, 6) is -0.820. The molecule has 0 aliphatic carbocycles. The fourth-order valence-electron chi connectivity index (χ4n) is 3.03. The van der Waals surface area contributed by atoms with E-state index in [1.807, 2.05) is 6.92 Å². The first-order valence-electron chi connectivity index (χ1n) is 8.62. The minimum absolute atomic E-state index is 0.0377. The lowest BCUT2D eigenvalue weighted by Crippen LogP contribution is -2.41. The standard InChI is InChI=1S/C20H19Cl2N3O3/c1-13-16(22)7-4-8-17(13)25-12-24(11-19(25)27)18(26)10-23(2)20(28)14-5-3-6-15(21)9-14/h3-9H,10-12H2,1-2H3. The number of benzene rings is 2. The fourth-order valence-corrected chi connectivity index (χ4v) is 3.39. The molecule has 3 amide bonds. The van der Waals surface area contributed by atoms with Crippen molar-refractivity contribution in [2.45, 2.75) is 6.92 Å². The lowest BCUT2D eigenvalue weighted by Gasteiger charge is -2.23. The third-order valence-electron chi connectivity index (χ3n) is 4.61. The summed E-state index contributed by atoms with van der Waals surface area (Å²) in [5, 5.41) is 1.00. The topological polar surface area (TPSA) is 60.9 Å². The lowest BCUT2D eigenvalue weighted by molar-refractivity contribution is -0.132. The van der Waals surface area contributed by atoms with E-state index in [0.717, 1.165) is 5.56 Å². The predicted octanol–water partition coefficient (Wildman–Crippen LogP) is 3.21. The molecule has 146 valence electrons. The van der Waals surface area contributed by atoms with Gasteiger partial charge >= 0.3 is 0 Å². The van der Waals surface area contributed by atoms with Gasteiger partial charge in [-0.1, -0.05) is 35.3 Å². The summed E-state index contributed by atoms with van der Waals surface area (Å²) in [6, 6.07) is 11.8. The zero-order valence-electron chi connectivity index (χ0n) is 15.5. The molecule has 0 unspecified atom stereocenters. The molecule has 0 bridgehead atoms. The quantitative estimate of drug-likeness (QED) is 0.764. The average molecular weight is 420 g/mol. The molecule has 2 aromatic carbocycles. The van der Waals surface area contributed by atoms with Crippen LogP contribution in [0.2, 0.25) is 10.0 Å². The predicted molar refractivity (Wildman–Crippen MR) is 109 cm³/mol. The van der Waals surface area contributed by atoms with E-state index in [1.165, 1.54) is 21.7 Å². The van der Waals surface area contributed by atoms with E-state index in [9.17, 15) is 14.4 Å². The Morgan fingerprint density at radius 2 is 1.86 bits per heavy atom. The summed E-state index contributed by atoms with van der Waals surface area (Å²) in [4.78, 5) is 41.8. The van der Waals surface area contributed by atoms with Crippen molar-refractivity contribution >= 4 is 46.6 Å². The van der Waals surface area contributed by atoms with E-state index in [0.29, 0.717) is 21.3 Å². The number of hydrogen-bond acceptors (Lipinski definition) is 3. The van der Waals surface area contributed by atoms with Crippen LogP contribution in [0.15, 0.2) is 42.5 Å². The maximum absolute atomic E-state index is 12.6. The maximum Gasteiger partial charge on any atom is 0.254 e. The summed E-state index contributed by atoms with van der Waals surface area (Å²) in [6.45, 7) is 1.77. The van der Waals surface area contributed by atoms with Gasteiger partial charge in [0, 0.05) is 28.3 Å². The van der Waals surface area contributed by atoms with Crippen LogP contribution in [0.4, 0.5) is 5.69 Å². The second kappa shape index (κ2) is 8.20. The van der Waals surface area contributed by atoms with Crippen LogP contribution in [0, 0.1) is 6.92 Å². The van der Waals surface area contributed by atoms with Crippen LogP contribution >= 0.6 is 23.2 Å². The minimum atomic E-state index is -0.316. The van der Waals surface area contributed by atoms with Crippen LogP contribution in [0.1, 0.15) is 15.9 Å². The van der Waals surface area contributed by atoms with Gasteiger partial charge in [-0.2, -0.15) is 0 Å². The van der Waals surface area contributed by atoms with E-state index >= 15 is 0 Å². The Morgan fingerprint density at radius 1 is 1.14 bits per heavy atom. The van der Waals surface area contributed by atoms with Crippen LogP contribution in [-0.4, -0.2) is 54.3 Å². The third-order valence-corrected chi connectivity index (χ3v) is 5.26. The molecule has 8 heteroatoms. The first-order valence-corrected chi connectivity index (χ1v) is 9.38. The number of amides is 3. The molecule has 3 rings (SSSR count). The highest BCUT2D eigenvalue weighted by Crippen LogP contribution is 2.28. The normalized spacial score (nSPS) is 13.8. The summed E-state index contributed by atoms with van der Waals surface area (Å²) in [5.41, 5.74) is 1.85. The number of anilines is 1. The van der Waals surface area contributed by atoms with Gasteiger partial charge in [0.2, 0.25) is 11.8 Å². The van der Waals surface area contributed by atoms with E-state index in [1.54, 1.807) is 42.5 Å². The SMILES string of the molecule is Cc1c(Cl)cccc1N1CN(C(=O)CN(C)C(=O)c2cccc(Cl)c2)CC1=O. The zero-order chi connectivity index (χ0) is 20.4. The number of halogens is 2. The largest absolute Gasteiger partial charge is 0.332 e. The molecule has 0 spiro atoms. The molecule has 1 heterocycles. The van der Waals surface area contributed by atoms with E-state index < -0.39 is 0 Å². The summed E-state index contributed by atoms with van der Waals surface area (Å²) < 4.78 is 0. The van der Waals surface area contributed by atoms with Crippen molar-refractivity contribution in [1.82, 2.24) is 9.80 Å². The van der Waals surface area contributed by atoms with Crippen molar-refractivity contribution in [3.8, 4) is 0 Å². The molecule has 0 saturated carbocycles. The maximum atomic E-state index is 12.6. The molecule has 1 aliphatic heterocycles. The molecule has 0 atom stereocenters. The molecule has 0 radical (unpaired) electrons. The van der Waals surface area contributed by atoms with Crippen LogP contribution < -0.4 is 4.90 Å². The summed E-state index contributed by atoms with van der Waals surface area (Å²) in [7, 11) is 1.54. The molecule has 1 saturated heterocycles. The van der Waals surface area contributed by atoms with E-state index in [4.69, 9.17) is 23.2 Å². The van der Waals surface area contributed by atoms with Gasteiger partial charge < -0.3 is 9.80 Å². The molecule has 1 aliphatic rings. The van der Waals surface area contributed by atoms with Crippen molar-refractivity contribution in [3.05, 3.63) is 63.6 Å². The molecule has 28 heavy (non-hydrogen) atoms. The van der Waals surface area contributed by atoms with Crippen LogP contribution in [0.3, 0.4) is 0 Å². The molecule has 2 aromatic rings. The smallest absolute Gasteiger partial charge is 0.254 e. The number of nitrogens with zero attached hydrogens (tertiary/aromatic N) is 3. The first-order chi connectivity index (χ1) is 13.3. The van der Waals surface area contributed by atoms with Crippen molar-refractivity contribution in [2.75, 3.05) is 31.7 Å². The van der Waals surface area contributed by atoms with Gasteiger partial charge in [0.25, 0.3) is 5.91 Å². The van der Waals surface area contributed by atoms with Gasteiger partial charge in [-0.15, -0.1) is 0 Å². The highest BCUT2D eigenvalue weighted by atomic mass is 35.5. The first kappa shape index (κ1) is 20.2. The summed E-state index contributed by atoms with van der Waals surface area (Å²) in [6.07, 6.45) is 0. The van der Waals surface area contributed by atoms with Gasteiger partial charge in [-0.05, 0) is 42.8 Å². The molecule has 6 nitrogen and oxygen atoms in total. The Bertz CT molecular complexity index is 948. The number of hydrogen-bond donors (Lipinski definition) is 0. The number of carbonyl (C=O) groups excluding carboxylic acids is 3. The average Bonchev–Trinajstić information content (AvgIpc) is 3.05. The van der Waals surface area contributed by atoms with Crippen LogP contribution in [0.25, 0.3) is 0 Å². The molecule has 0 N–H and O–H groups in total. The molecular weight excluding hydrogens is 401 g/mol. The Kier molecular flexibility index (Phi) is 5.91. The Labute approximate surface area is 173 Å². The van der Waals surface area contributed by atoms with Crippen molar-refractivity contribution < 1.29 is 14.4 Å². The summed E-state index contributed by atoms with van der Waals surface area (Å²) >= 11 is 12.1. The van der Waals surface area contributed by atoms with E-state index in [2.05, 4.69) is 0 Å². The Balaban J connectivity index is 1.67. The Morgan fingerprint density at radius 3 is 2.57 bits per heavy atom. The second-order valence-electron chi connectivity index (χ2n) is 6.61. The molecule has 1 fully saturated rings. The highest BCUT2D eigenvalue weighted by Gasteiger charge is 2.33. The third kappa shape index (κ3) is 4.13. The van der Waals surface area contributed by atoms with Crippen molar-refractivity contribution in [2.24, 2.45) is 0 Å². The number of rotatable bonds is 4. The van der Waals surface area contributed by atoms with Gasteiger partial charge in [0.1, 0.15) is 13.2 Å². The highest BCUT2D eigenvalue weighted by molar-refractivity contribution is 6.32. The van der Waals surface area contributed by atoms with Gasteiger partial charge in [-0.3, -0.25) is 19.3 Å². The molecular formula is C20H19Cl2N3O3. The molecule has 0 aromatic heterocycles. The van der Waals surface area contributed by atoms with Crippen molar-refractivity contribution in [1.29, 1.82) is 0 Å². The van der Waals surface area contributed by atoms with Gasteiger partial charge in [0.05, 0.1) is 6.54 Å².